The Balaban J connectivity index is 2.07. The van der Waals surface area contributed by atoms with Crippen LogP contribution in [0.5, 0.6) is 0 Å². The standard InChI is InChI=1S/C30H51N2O5P/c1-20(2)26-15-9-22(5)17-28(26)36-38(35,37-29-18-23(6)10-16-27(29)21(3)4)30(19-32(33)34)24-11-13-25(14-12-24)31(7)8/h11-14,20-23,26-30H,9-10,15-19H2,1-8H3/t22-,23+,26-,27-,28-,29-,30+,38?/m1/s1. The van der Waals surface area contributed by atoms with Gasteiger partial charge in [0.1, 0.15) is 0 Å². The first-order valence-corrected chi connectivity index (χ1v) is 16.3. The van der Waals surface area contributed by atoms with E-state index in [1.54, 1.807) is 0 Å². The molecule has 2 aliphatic rings. The Hall–Kier alpha value is -1.43. The van der Waals surface area contributed by atoms with Crippen molar-refractivity contribution in [3.63, 3.8) is 0 Å². The van der Waals surface area contributed by atoms with Crippen LogP contribution in [-0.2, 0) is 13.6 Å². The van der Waals surface area contributed by atoms with Gasteiger partial charge in [0, 0.05) is 24.7 Å². The molecule has 1 aromatic carbocycles. The lowest BCUT2D eigenvalue weighted by atomic mass is 9.75. The molecule has 8 atom stereocenters. The van der Waals surface area contributed by atoms with E-state index in [4.69, 9.17) is 9.05 Å². The highest BCUT2D eigenvalue weighted by Crippen LogP contribution is 2.65. The molecule has 0 N–H and O–H groups in total. The summed E-state index contributed by atoms with van der Waals surface area (Å²) in [5.41, 5.74) is 0.668. The molecule has 0 heterocycles. The SMILES string of the molecule is CC(C)[C@H]1CC[C@@H](C)C[C@H]1OP(=O)(O[C@@H]1C[C@@H](C)CC[C@@H]1C(C)C)[C@@H](C[N+](=O)[O-])c1ccc(N(C)C)cc1. The van der Waals surface area contributed by atoms with Crippen molar-refractivity contribution >= 4 is 13.3 Å². The summed E-state index contributed by atoms with van der Waals surface area (Å²) in [6.07, 6.45) is 5.38. The van der Waals surface area contributed by atoms with Crippen LogP contribution >= 0.6 is 7.60 Å². The molecule has 0 radical (unpaired) electrons. The average Bonchev–Trinajstić information content (AvgIpc) is 2.82. The Morgan fingerprint density at radius 3 is 1.71 bits per heavy atom. The zero-order valence-corrected chi connectivity index (χ0v) is 25.7. The number of nitro groups is 1. The van der Waals surface area contributed by atoms with Crippen LogP contribution in [0.3, 0.4) is 0 Å². The molecule has 0 spiro atoms. The van der Waals surface area contributed by atoms with Crippen molar-refractivity contribution in [2.75, 3.05) is 25.5 Å². The maximum atomic E-state index is 15.2. The number of benzene rings is 1. The largest absolute Gasteiger partial charge is 0.378 e. The zero-order valence-electron chi connectivity index (χ0n) is 24.8. The molecule has 0 saturated heterocycles. The fraction of sp³-hybridized carbons (Fsp3) is 0.800. The first-order valence-electron chi connectivity index (χ1n) is 14.7. The molecule has 1 aromatic rings. The van der Waals surface area contributed by atoms with E-state index < -0.39 is 19.8 Å². The van der Waals surface area contributed by atoms with Gasteiger partial charge in [-0.05, 0) is 78.9 Å². The molecule has 0 bridgehead atoms. The van der Waals surface area contributed by atoms with Crippen LogP contribution in [0, 0.1) is 45.6 Å². The third kappa shape index (κ3) is 7.82. The van der Waals surface area contributed by atoms with Crippen LogP contribution in [0.15, 0.2) is 24.3 Å². The van der Waals surface area contributed by atoms with Crippen molar-refractivity contribution in [1.29, 1.82) is 0 Å². The zero-order chi connectivity index (χ0) is 28.2. The summed E-state index contributed by atoms with van der Waals surface area (Å²) in [7, 11) is -0.0403. The summed E-state index contributed by atoms with van der Waals surface area (Å²) in [6.45, 7) is 12.7. The minimum absolute atomic E-state index is 0.238. The van der Waals surface area contributed by atoms with Crippen molar-refractivity contribution in [2.24, 2.45) is 35.5 Å². The van der Waals surface area contributed by atoms with E-state index in [9.17, 15) is 10.1 Å². The minimum Gasteiger partial charge on any atom is -0.378 e. The van der Waals surface area contributed by atoms with E-state index in [0.29, 0.717) is 29.2 Å². The summed E-state index contributed by atoms with van der Waals surface area (Å²) in [6, 6.07) is 7.56. The van der Waals surface area contributed by atoms with E-state index >= 15 is 4.57 Å². The third-order valence-electron chi connectivity index (χ3n) is 8.99. The smallest absolute Gasteiger partial charge is 0.345 e. The molecule has 0 amide bonds. The van der Waals surface area contributed by atoms with Crippen LogP contribution in [0.2, 0.25) is 0 Å². The normalized spacial score (nSPS) is 30.7. The van der Waals surface area contributed by atoms with Gasteiger partial charge < -0.3 is 13.9 Å². The van der Waals surface area contributed by atoms with Crippen molar-refractivity contribution in [3.05, 3.63) is 39.9 Å². The molecule has 216 valence electrons. The lowest BCUT2D eigenvalue weighted by molar-refractivity contribution is -0.480. The molecule has 3 rings (SSSR count). The number of rotatable bonds is 11. The second kappa shape index (κ2) is 13.3. The first-order chi connectivity index (χ1) is 17.8. The Morgan fingerprint density at radius 2 is 1.34 bits per heavy atom. The van der Waals surface area contributed by atoms with E-state index in [1.165, 1.54) is 0 Å². The number of hydrogen-bond donors (Lipinski definition) is 0. The van der Waals surface area contributed by atoms with Crippen LogP contribution in [0.25, 0.3) is 0 Å². The fourth-order valence-corrected chi connectivity index (χ4v) is 9.00. The Kier molecular flexibility index (Phi) is 10.9. The molecular formula is C30H51N2O5P. The molecule has 1 unspecified atom stereocenters. The molecule has 2 saturated carbocycles. The van der Waals surface area contributed by atoms with Crippen LogP contribution in [-0.4, -0.2) is 37.8 Å². The molecule has 2 aliphatic carbocycles. The second-order valence-electron chi connectivity index (χ2n) is 13.0. The monoisotopic (exact) mass is 550 g/mol. The minimum atomic E-state index is -3.94. The average molecular weight is 551 g/mol. The quantitative estimate of drug-likeness (QED) is 0.157. The topological polar surface area (TPSA) is 81.9 Å². The van der Waals surface area contributed by atoms with Crippen molar-refractivity contribution < 1.29 is 18.5 Å². The highest BCUT2D eigenvalue weighted by atomic mass is 31.2. The van der Waals surface area contributed by atoms with Crippen LogP contribution < -0.4 is 4.90 Å². The van der Waals surface area contributed by atoms with Gasteiger partial charge in [-0.15, -0.1) is 0 Å². The van der Waals surface area contributed by atoms with E-state index in [-0.39, 0.29) is 29.0 Å². The van der Waals surface area contributed by atoms with Gasteiger partial charge in [-0.2, -0.15) is 0 Å². The molecule has 2 fully saturated rings. The summed E-state index contributed by atoms with van der Waals surface area (Å²) in [4.78, 5) is 13.6. The molecule has 7 nitrogen and oxygen atoms in total. The lowest BCUT2D eigenvalue weighted by Gasteiger charge is -2.43. The van der Waals surface area contributed by atoms with Gasteiger partial charge in [0.25, 0.3) is 0 Å². The molecule has 0 aromatic heterocycles. The predicted molar refractivity (Wildman–Crippen MR) is 155 cm³/mol. The summed E-state index contributed by atoms with van der Waals surface area (Å²) in [5.74, 6) is 2.15. The Labute approximate surface area is 230 Å². The molecule has 8 heteroatoms. The highest BCUT2D eigenvalue weighted by molar-refractivity contribution is 7.54. The molecule has 38 heavy (non-hydrogen) atoms. The maximum Gasteiger partial charge on any atom is 0.345 e. The van der Waals surface area contributed by atoms with E-state index in [1.807, 2.05) is 43.3 Å². The van der Waals surface area contributed by atoms with Crippen molar-refractivity contribution in [3.8, 4) is 0 Å². The predicted octanol–water partition coefficient (Wildman–Crippen LogP) is 8.22. The molecule has 0 aliphatic heterocycles. The summed E-state index contributed by atoms with van der Waals surface area (Å²) < 4.78 is 28.6. The number of nitrogens with zero attached hydrogens (tertiary/aromatic N) is 2. The lowest BCUT2D eigenvalue weighted by Crippen LogP contribution is -2.37. The Bertz CT molecular complexity index is 912. The highest BCUT2D eigenvalue weighted by Gasteiger charge is 2.48. The Morgan fingerprint density at radius 1 is 0.895 bits per heavy atom. The van der Waals surface area contributed by atoms with E-state index in [2.05, 4.69) is 41.5 Å². The summed E-state index contributed by atoms with van der Waals surface area (Å²) >= 11 is 0. The first kappa shape index (κ1) is 31.1. The van der Waals surface area contributed by atoms with Gasteiger partial charge in [-0.1, -0.05) is 66.5 Å². The van der Waals surface area contributed by atoms with Crippen LogP contribution in [0.4, 0.5) is 5.69 Å². The number of hydrogen-bond acceptors (Lipinski definition) is 6. The van der Waals surface area contributed by atoms with Gasteiger partial charge in [0.2, 0.25) is 6.54 Å². The van der Waals surface area contributed by atoms with Gasteiger partial charge in [-0.3, -0.25) is 14.7 Å². The molecular weight excluding hydrogens is 499 g/mol. The van der Waals surface area contributed by atoms with Gasteiger partial charge in [0.15, 0.2) is 5.66 Å². The fourth-order valence-electron chi connectivity index (χ4n) is 6.54. The van der Waals surface area contributed by atoms with Gasteiger partial charge in [-0.25, -0.2) is 0 Å². The van der Waals surface area contributed by atoms with Gasteiger partial charge >= 0.3 is 7.60 Å². The summed E-state index contributed by atoms with van der Waals surface area (Å²) in [5, 5.41) is 12.0. The van der Waals surface area contributed by atoms with Crippen LogP contribution in [0.1, 0.15) is 91.3 Å². The number of anilines is 1. The van der Waals surface area contributed by atoms with Crippen molar-refractivity contribution in [1.82, 2.24) is 0 Å². The van der Waals surface area contributed by atoms with Crippen molar-refractivity contribution in [2.45, 2.75) is 97.9 Å². The van der Waals surface area contributed by atoms with Gasteiger partial charge in [0.05, 0.1) is 12.2 Å². The third-order valence-corrected chi connectivity index (χ3v) is 11.3. The second-order valence-corrected chi connectivity index (χ2v) is 15.1. The van der Waals surface area contributed by atoms with E-state index in [0.717, 1.165) is 44.2 Å². The maximum absolute atomic E-state index is 15.2.